The van der Waals surface area contributed by atoms with Crippen LogP contribution in [0.3, 0.4) is 0 Å². The maximum absolute atomic E-state index is 12.8. The zero-order valence-electron chi connectivity index (χ0n) is 19.7. The lowest BCUT2D eigenvalue weighted by Crippen LogP contribution is -2.52. The fourth-order valence-corrected chi connectivity index (χ4v) is 3.71. The van der Waals surface area contributed by atoms with Crippen LogP contribution < -0.4 is 10.1 Å². The van der Waals surface area contributed by atoms with Gasteiger partial charge >= 0.3 is 6.09 Å². The highest BCUT2D eigenvalue weighted by Crippen LogP contribution is 2.23. The second-order valence-electron chi connectivity index (χ2n) is 7.96. The Morgan fingerprint density at radius 1 is 1.11 bits per heavy atom. The number of cyclic esters (lactones) is 1. The van der Waals surface area contributed by atoms with E-state index >= 15 is 0 Å². The van der Waals surface area contributed by atoms with E-state index in [2.05, 4.69) is 5.32 Å². The Kier molecular flexibility index (Phi) is 8.80. The Bertz CT molecular complexity index is 1040. The van der Waals surface area contributed by atoms with E-state index in [9.17, 15) is 19.2 Å². The van der Waals surface area contributed by atoms with E-state index in [0.717, 1.165) is 16.0 Å². The van der Waals surface area contributed by atoms with Crippen molar-refractivity contribution in [2.45, 2.75) is 12.5 Å². The van der Waals surface area contributed by atoms with Gasteiger partial charge in [-0.15, -0.1) is 0 Å². The SMILES string of the molecule is CNC(=O)C(C(=O)CO)N(C)C(=O)c1ccc(-c2ccc(OCCCN3CCOC3=O)cc2)cc1. The topological polar surface area (TPSA) is 125 Å². The van der Waals surface area contributed by atoms with Gasteiger partial charge in [-0.05, 0) is 41.8 Å². The van der Waals surface area contributed by atoms with Crippen molar-refractivity contribution in [2.75, 3.05) is 47.0 Å². The van der Waals surface area contributed by atoms with Crippen molar-refractivity contribution in [1.82, 2.24) is 15.1 Å². The lowest BCUT2D eigenvalue weighted by atomic mass is 10.0. The van der Waals surface area contributed by atoms with Gasteiger partial charge in [0, 0.05) is 26.2 Å². The third-order valence-electron chi connectivity index (χ3n) is 5.67. The number of carbonyl (C=O) groups excluding carboxylic acids is 4. The van der Waals surface area contributed by atoms with E-state index in [4.69, 9.17) is 14.6 Å². The molecule has 0 bridgehead atoms. The number of nitrogens with zero attached hydrogens (tertiary/aromatic N) is 2. The summed E-state index contributed by atoms with van der Waals surface area (Å²) in [5.74, 6) is -1.24. The van der Waals surface area contributed by atoms with Crippen LogP contribution in [0.2, 0.25) is 0 Å². The summed E-state index contributed by atoms with van der Waals surface area (Å²) >= 11 is 0. The minimum atomic E-state index is -1.41. The van der Waals surface area contributed by atoms with Crippen molar-refractivity contribution in [3.8, 4) is 16.9 Å². The molecule has 2 N–H and O–H groups in total. The summed E-state index contributed by atoms with van der Waals surface area (Å²) in [6.45, 7) is 1.27. The zero-order chi connectivity index (χ0) is 25.4. The molecule has 3 amide bonds. The molecule has 2 aromatic rings. The predicted molar refractivity (Wildman–Crippen MR) is 127 cm³/mol. The Labute approximate surface area is 203 Å². The zero-order valence-corrected chi connectivity index (χ0v) is 19.7. The first-order valence-electron chi connectivity index (χ1n) is 11.2. The van der Waals surface area contributed by atoms with Crippen LogP contribution in [0, 0.1) is 0 Å². The summed E-state index contributed by atoms with van der Waals surface area (Å²) in [6.07, 6.45) is 0.421. The molecule has 1 aliphatic heterocycles. The third-order valence-corrected chi connectivity index (χ3v) is 5.67. The van der Waals surface area contributed by atoms with Crippen molar-refractivity contribution in [3.05, 3.63) is 54.1 Å². The van der Waals surface area contributed by atoms with E-state index in [1.54, 1.807) is 29.2 Å². The molecule has 3 rings (SSSR count). The molecule has 0 aromatic heterocycles. The number of Topliss-reactive ketones (excluding diaryl/α,β-unsaturated/α-hetero) is 1. The first-order valence-corrected chi connectivity index (χ1v) is 11.2. The van der Waals surface area contributed by atoms with Gasteiger partial charge in [-0.2, -0.15) is 0 Å². The second kappa shape index (κ2) is 12.0. The maximum atomic E-state index is 12.8. The standard InChI is InChI=1S/C25H29N3O7/c1-26-23(31)22(21(30)16-29)27(2)24(32)19-6-4-17(5-7-19)18-8-10-20(11-9-18)34-14-3-12-28-13-15-35-25(28)33/h4-11,22,29H,3,12-16H2,1-2H3,(H,26,31). The molecule has 186 valence electrons. The molecule has 2 aromatic carbocycles. The van der Waals surface area contributed by atoms with Gasteiger partial charge in [0.2, 0.25) is 5.91 Å². The molecule has 0 radical (unpaired) electrons. The largest absolute Gasteiger partial charge is 0.494 e. The molecule has 1 fully saturated rings. The molecular weight excluding hydrogens is 454 g/mol. The Hall–Kier alpha value is -3.92. The third kappa shape index (κ3) is 6.36. The van der Waals surface area contributed by atoms with Crippen LogP contribution in [0.15, 0.2) is 48.5 Å². The minimum Gasteiger partial charge on any atom is -0.494 e. The average Bonchev–Trinajstić information content (AvgIpc) is 3.30. The molecule has 1 unspecified atom stereocenters. The van der Waals surface area contributed by atoms with Gasteiger partial charge in [0.25, 0.3) is 5.91 Å². The molecule has 0 saturated carbocycles. The number of hydrogen-bond acceptors (Lipinski definition) is 7. The fourth-order valence-electron chi connectivity index (χ4n) is 3.71. The predicted octanol–water partition coefficient (Wildman–Crippen LogP) is 1.32. The highest BCUT2D eigenvalue weighted by Gasteiger charge is 2.32. The number of rotatable bonds is 11. The van der Waals surface area contributed by atoms with E-state index in [1.165, 1.54) is 14.1 Å². The summed E-state index contributed by atoms with van der Waals surface area (Å²) in [4.78, 5) is 50.9. The van der Waals surface area contributed by atoms with Crippen molar-refractivity contribution in [1.29, 1.82) is 0 Å². The summed E-state index contributed by atoms with van der Waals surface area (Å²) in [5, 5.41) is 11.5. The normalized spacial score (nSPS) is 13.7. The first kappa shape index (κ1) is 25.7. The molecule has 1 aliphatic rings. The number of ether oxygens (including phenoxy) is 2. The van der Waals surface area contributed by atoms with E-state index < -0.39 is 30.2 Å². The van der Waals surface area contributed by atoms with Gasteiger partial charge in [0.05, 0.1) is 13.2 Å². The maximum Gasteiger partial charge on any atom is 0.409 e. The van der Waals surface area contributed by atoms with Gasteiger partial charge in [0.1, 0.15) is 19.0 Å². The van der Waals surface area contributed by atoms with E-state index in [-0.39, 0.29) is 6.09 Å². The van der Waals surface area contributed by atoms with Crippen LogP contribution in [0.4, 0.5) is 4.79 Å². The van der Waals surface area contributed by atoms with Crippen molar-refractivity contribution >= 4 is 23.7 Å². The van der Waals surface area contributed by atoms with Crippen LogP contribution in [-0.2, 0) is 14.3 Å². The molecule has 0 aliphatic carbocycles. The summed E-state index contributed by atoms with van der Waals surface area (Å²) in [7, 11) is 2.70. The van der Waals surface area contributed by atoms with Gasteiger partial charge in [-0.3, -0.25) is 14.4 Å². The van der Waals surface area contributed by atoms with Gasteiger partial charge in [-0.1, -0.05) is 24.3 Å². The van der Waals surface area contributed by atoms with Gasteiger partial charge in [0.15, 0.2) is 11.8 Å². The number of aliphatic hydroxyl groups excluding tert-OH is 1. The van der Waals surface area contributed by atoms with Crippen LogP contribution in [0.5, 0.6) is 5.75 Å². The number of ketones is 1. The van der Waals surface area contributed by atoms with Crippen molar-refractivity contribution < 1.29 is 33.8 Å². The Morgan fingerprint density at radius 3 is 2.29 bits per heavy atom. The number of carbonyl (C=O) groups is 4. The molecule has 1 heterocycles. The van der Waals surface area contributed by atoms with Crippen LogP contribution in [0.25, 0.3) is 11.1 Å². The molecule has 0 spiro atoms. The monoisotopic (exact) mass is 483 g/mol. The van der Waals surface area contributed by atoms with Crippen LogP contribution >= 0.6 is 0 Å². The number of likely N-dealkylation sites (N-methyl/N-ethyl adjacent to an activating group) is 2. The fraction of sp³-hybridized carbons (Fsp3) is 0.360. The Morgan fingerprint density at radius 2 is 1.74 bits per heavy atom. The minimum absolute atomic E-state index is 0.279. The molecule has 1 saturated heterocycles. The highest BCUT2D eigenvalue weighted by molar-refractivity contribution is 6.10. The van der Waals surface area contributed by atoms with E-state index in [1.807, 2.05) is 24.3 Å². The lowest BCUT2D eigenvalue weighted by Gasteiger charge is -2.25. The van der Waals surface area contributed by atoms with Gasteiger partial charge < -0.3 is 29.7 Å². The van der Waals surface area contributed by atoms with Crippen molar-refractivity contribution in [2.24, 2.45) is 0 Å². The number of amides is 3. The Balaban J connectivity index is 1.57. The van der Waals surface area contributed by atoms with Crippen LogP contribution in [0.1, 0.15) is 16.8 Å². The first-order chi connectivity index (χ1) is 16.8. The number of nitrogens with one attached hydrogen (secondary N) is 1. The molecule has 10 nitrogen and oxygen atoms in total. The number of aliphatic hydroxyl groups is 1. The summed E-state index contributed by atoms with van der Waals surface area (Å²) in [6, 6.07) is 12.9. The molecular formula is C25H29N3O7. The number of benzene rings is 2. The molecule has 1 atom stereocenters. The van der Waals surface area contributed by atoms with Crippen LogP contribution in [-0.4, -0.2) is 91.6 Å². The summed E-state index contributed by atoms with van der Waals surface area (Å²) in [5.41, 5.74) is 2.10. The summed E-state index contributed by atoms with van der Waals surface area (Å²) < 4.78 is 10.6. The van der Waals surface area contributed by atoms with Gasteiger partial charge in [-0.25, -0.2) is 4.79 Å². The smallest absolute Gasteiger partial charge is 0.409 e. The lowest BCUT2D eigenvalue weighted by molar-refractivity contribution is -0.135. The van der Waals surface area contributed by atoms with E-state index in [0.29, 0.717) is 44.0 Å². The highest BCUT2D eigenvalue weighted by atomic mass is 16.6. The average molecular weight is 484 g/mol. The van der Waals surface area contributed by atoms with Crippen molar-refractivity contribution in [3.63, 3.8) is 0 Å². The molecule has 10 heteroatoms. The quantitative estimate of drug-likeness (QED) is 0.365. The number of hydrogen-bond donors (Lipinski definition) is 2. The second-order valence-corrected chi connectivity index (χ2v) is 7.96. The molecule has 35 heavy (non-hydrogen) atoms.